The number of rotatable bonds is 6. The quantitative estimate of drug-likeness (QED) is 0.865. The van der Waals surface area contributed by atoms with Gasteiger partial charge in [0.2, 0.25) is 5.91 Å². The Morgan fingerprint density at radius 3 is 2.40 bits per heavy atom. The molecule has 0 atom stereocenters. The summed E-state index contributed by atoms with van der Waals surface area (Å²) in [5, 5.41) is 7.90. The van der Waals surface area contributed by atoms with Crippen LogP contribution >= 0.6 is 0 Å². The fourth-order valence-electron chi connectivity index (χ4n) is 1.98. The van der Waals surface area contributed by atoms with Crippen LogP contribution in [0.15, 0.2) is 0 Å². The van der Waals surface area contributed by atoms with Crippen molar-refractivity contribution in [3.05, 3.63) is 17.0 Å². The Morgan fingerprint density at radius 2 is 1.90 bits per heavy atom. The topological polar surface area (TPSA) is 50.2 Å². The second-order valence-electron chi connectivity index (χ2n) is 5.94. The summed E-state index contributed by atoms with van der Waals surface area (Å²) < 4.78 is 1.81. The molecule has 1 rings (SSSR count). The van der Waals surface area contributed by atoms with E-state index in [0.717, 1.165) is 17.9 Å². The summed E-state index contributed by atoms with van der Waals surface area (Å²) in [4.78, 5) is 13.9. The molecule has 5 heteroatoms. The molecule has 1 aromatic rings. The molecule has 0 saturated heterocycles. The van der Waals surface area contributed by atoms with Crippen molar-refractivity contribution >= 4 is 5.91 Å². The first-order valence-electron chi connectivity index (χ1n) is 7.26. The van der Waals surface area contributed by atoms with Gasteiger partial charge >= 0.3 is 0 Å². The summed E-state index contributed by atoms with van der Waals surface area (Å²) in [7, 11) is 1.83. The van der Waals surface area contributed by atoms with Crippen LogP contribution in [0, 0.1) is 13.8 Å². The molecule has 5 nitrogen and oxygen atoms in total. The van der Waals surface area contributed by atoms with Gasteiger partial charge in [0.1, 0.15) is 6.54 Å². The first kappa shape index (κ1) is 16.7. The molecular formula is C15H28N4O. The Bertz CT molecular complexity index is 463. The molecule has 20 heavy (non-hydrogen) atoms. The van der Waals surface area contributed by atoms with Gasteiger partial charge in [0.15, 0.2) is 0 Å². The molecule has 0 bridgehead atoms. The van der Waals surface area contributed by atoms with Gasteiger partial charge in [-0.15, -0.1) is 0 Å². The molecule has 1 amide bonds. The molecule has 1 heterocycles. The van der Waals surface area contributed by atoms with Gasteiger partial charge in [-0.1, -0.05) is 13.8 Å². The lowest BCUT2D eigenvalue weighted by Crippen LogP contribution is -2.36. The Morgan fingerprint density at radius 1 is 1.30 bits per heavy atom. The van der Waals surface area contributed by atoms with E-state index in [-0.39, 0.29) is 11.9 Å². The summed E-state index contributed by atoms with van der Waals surface area (Å²) in [5.41, 5.74) is 3.26. The maximum absolute atomic E-state index is 12.1. The lowest BCUT2D eigenvalue weighted by atomic mass is 10.2. The lowest BCUT2D eigenvalue weighted by Gasteiger charge is -2.21. The molecular weight excluding hydrogens is 252 g/mol. The van der Waals surface area contributed by atoms with E-state index < -0.39 is 0 Å². The maximum Gasteiger partial charge on any atom is 0.244 e. The van der Waals surface area contributed by atoms with Crippen LogP contribution in [0.2, 0.25) is 0 Å². The maximum atomic E-state index is 12.1. The normalized spacial score (nSPS) is 11.4. The van der Waals surface area contributed by atoms with E-state index in [1.165, 1.54) is 5.56 Å². The van der Waals surface area contributed by atoms with Gasteiger partial charge in [-0.25, -0.2) is 0 Å². The predicted molar refractivity (Wildman–Crippen MR) is 81.6 cm³/mol. The van der Waals surface area contributed by atoms with Crippen molar-refractivity contribution in [2.45, 2.75) is 66.7 Å². The van der Waals surface area contributed by atoms with Crippen molar-refractivity contribution in [2.75, 3.05) is 7.05 Å². The van der Waals surface area contributed by atoms with Gasteiger partial charge in [-0.05, 0) is 27.7 Å². The van der Waals surface area contributed by atoms with Crippen LogP contribution in [0.3, 0.4) is 0 Å². The number of likely N-dealkylation sites (N-methyl/N-ethyl adjacent to an activating group) is 1. The van der Waals surface area contributed by atoms with Gasteiger partial charge < -0.3 is 10.2 Å². The van der Waals surface area contributed by atoms with Gasteiger partial charge in [0.05, 0.1) is 5.69 Å². The Kier molecular flexibility index (Phi) is 5.74. The summed E-state index contributed by atoms with van der Waals surface area (Å²) in [6.07, 6.45) is 0. The zero-order valence-corrected chi connectivity index (χ0v) is 13.8. The van der Waals surface area contributed by atoms with E-state index >= 15 is 0 Å². The van der Waals surface area contributed by atoms with Crippen LogP contribution in [0.4, 0.5) is 0 Å². The minimum absolute atomic E-state index is 0.0916. The number of amides is 1. The highest BCUT2D eigenvalue weighted by Gasteiger charge is 2.17. The fourth-order valence-corrected chi connectivity index (χ4v) is 1.98. The van der Waals surface area contributed by atoms with E-state index in [2.05, 4.69) is 24.3 Å². The molecule has 0 radical (unpaired) electrons. The Hall–Kier alpha value is -1.36. The Labute approximate surface area is 122 Å². The highest BCUT2D eigenvalue weighted by atomic mass is 16.2. The SMILES string of the molecule is Cc1nn(CC(=O)N(C)C(C)C)c(C)c1CNC(C)C. The van der Waals surface area contributed by atoms with E-state index in [0.29, 0.717) is 12.6 Å². The van der Waals surface area contributed by atoms with Crippen molar-refractivity contribution in [1.29, 1.82) is 0 Å². The molecule has 0 spiro atoms. The second kappa shape index (κ2) is 6.88. The third-order valence-corrected chi connectivity index (χ3v) is 3.67. The van der Waals surface area contributed by atoms with Crippen molar-refractivity contribution in [3.63, 3.8) is 0 Å². The molecule has 0 aliphatic heterocycles. The molecule has 1 aromatic heterocycles. The van der Waals surface area contributed by atoms with Crippen molar-refractivity contribution < 1.29 is 4.79 Å². The molecule has 0 aliphatic rings. The smallest absolute Gasteiger partial charge is 0.244 e. The monoisotopic (exact) mass is 280 g/mol. The molecule has 0 unspecified atom stereocenters. The van der Waals surface area contributed by atoms with Gasteiger partial charge in [-0.3, -0.25) is 9.48 Å². The minimum atomic E-state index is 0.0916. The van der Waals surface area contributed by atoms with E-state index in [1.54, 1.807) is 4.90 Å². The summed E-state index contributed by atoms with van der Waals surface area (Å²) >= 11 is 0. The number of carbonyl (C=O) groups is 1. The molecule has 0 aromatic carbocycles. The molecule has 114 valence electrons. The van der Waals surface area contributed by atoms with E-state index in [9.17, 15) is 4.79 Å². The van der Waals surface area contributed by atoms with Crippen molar-refractivity contribution in [3.8, 4) is 0 Å². The largest absolute Gasteiger partial charge is 0.342 e. The number of nitrogens with zero attached hydrogens (tertiary/aromatic N) is 3. The van der Waals surface area contributed by atoms with Crippen LogP contribution in [0.25, 0.3) is 0 Å². The third kappa shape index (κ3) is 4.07. The number of carbonyl (C=O) groups excluding carboxylic acids is 1. The summed E-state index contributed by atoms with van der Waals surface area (Å²) in [6.45, 7) is 13.4. The van der Waals surface area contributed by atoms with Crippen LogP contribution in [-0.4, -0.2) is 39.7 Å². The van der Waals surface area contributed by atoms with Crippen LogP contribution in [0.5, 0.6) is 0 Å². The Balaban J connectivity index is 2.82. The first-order valence-corrected chi connectivity index (χ1v) is 7.26. The average molecular weight is 280 g/mol. The van der Waals surface area contributed by atoms with Crippen LogP contribution in [-0.2, 0) is 17.9 Å². The second-order valence-corrected chi connectivity index (χ2v) is 5.94. The van der Waals surface area contributed by atoms with Crippen molar-refractivity contribution in [2.24, 2.45) is 0 Å². The summed E-state index contributed by atoms with van der Waals surface area (Å²) in [6, 6.07) is 0.646. The lowest BCUT2D eigenvalue weighted by molar-refractivity contribution is -0.132. The predicted octanol–water partition coefficient (Wildman–Crippen LogP) is 1.86. The van der Waals surface area contributed by atoms with E-state index in [4.69, 9.17) is 0 Å². The number of aromatic nitrogens is 2. The number of nitrogens with one attached hydrogen (secondary N) is 1. The van der Waals surface area contributed by atoms with Crippen LogP contribution in [0.1, 0.15) is 44.6 Å². The zero-order valence-electron chi connectivity index (χ0n) is 13.8. The molecule has 0 fully saturated rings. The standard InChI is InChI=1S/C15H28N4O/c1-10(2)16-8-14-12(5)17-19(13(14)6)9-15(20)18(7)11(3)4/h10-11,16H,8-9H2,1-7H3. The molecule has 1 N–H and O–H groups in total. The third-order valence-electron chi connectivity index (χ3n) is 3.67. The minimum Gasteiger partial charge on any atom is -0.342 e. The van der Waals surface area contributed by atoms with Gasteiger partial charge in [-0.2, -0.15) is 5.10 Å². The molecule has 0 saturated carbocycles. The number of aryl methyl sites for hydroxylation is 1. The fraction of sp³-hybridized carbons (Fsp3) is 0.733. The highest BCUT2D eigenvalue weighted by molar-refractivity contribution is 5.76. The van der Waals surface area contributed by atoms with E-state index in [1.807, 2.05) is 39.4 Å². The highest BCUT2D eigenvalue weighted by Crippen LogP contribution is 2.13. The average Bonchev–Trinajstić information content (AvgIpc) is 2.61. The van der Waals surface area contributed by atoms with Crippen LogP contribution < -0.4 is 5.32 Å². The van der Waals surface area contributed by atoms with Gasteiger partial charge in [0, 0.05) is 36.9 Å². The number of hydrogen-bond donors (Lipinski definition) is 1. The number of hydrogen-bond acceptors (Lipinski definition) is 3. The molecule has 0 aliphatic carbocycles. The first-order chi connectivity index (χ1) is 9.23. The zero-order chi connectivity index (χ0) is 15.4. The van der Waals surface area contributed by atoms with Crippen molar-refractivity contribution in [1.82, 2.24) is 20.0 Å². The van der Waals surface area contributed by atoms with Gasteiger partial charge in [0.25, 0.3) is 0 Å². The summed E-state index contributed by atoms with van der Waals surface area (Å²) in [5.74, 6) is 0.0916.